The average Bonchev–Trinajstić information content (AvgIpc) is 3.31. The van der Waals surface area contributed by atoms with Gasteiger partial charge in [0.1, 0.15) is 0 Å². The maximum absolute atomic E-state index is 13.0. The Balaban J connectivity index is 1.78. The number of carbonyl (C=O) groups is 3. The quantitative estimate of drug-likeness (QED) is 0.533. The van der Waals surface area contributed by atoms with Crippen LogP contribution in [-0.4, -0.2) is 36.5 Å². The summed E-state index contributed by atoms with van der Waals surface area (Å²) in [4.78, 5) is 43.2. The molecule has 8 nitrogen and oxygen atoms in total. The van der Waals surface area contributed by atoms with E-state index in [1.54, 1.807) is 32.4 Å². The van der Waals surface area contributed by atoms with Crippen molar-refractivity contribution in [2.24, 2.45) is 4.99 Å². The van der Waals surface area contributed by atoms with Crippen LogP contribution in [0.3, 0.4) is 0 Å². The normalized spacial score (nSPS) is 14.5. The number of methoxy groups -OCH3 is 2. The fourth-order valence-corrected chi connectivity index (χ4v) is 4.78. The topological polar surface area (TPSA) is 90.2 Å². The van der Waals surface area contributed by atoms with Crippen molar-refractivity contribution in [3.63, 3.8) is 0 Å². The molecule has 0 unspecified atom stereocenters. The molecule has 2 heterocycles. The zero-order valence-corrected chi connectivity index (χ0v) is 18.9. The molecule has 4 rings (SSSR count). The minimum absolute atomic E-state index is 0.188. The first-order valence-electron chi connectivity index (χ1n) is 10.3. The van der Waals surface area contributed by atoms with Crippen molar-refractivity contribution in [1.29, 1.82) is 0 Å². The number of amides is 3. The molecule has 0 aliphatic carbocycles. The highest BCUT2D eigenvalue weighted by Gasteiger charge is 2.30. The van der Waals surface area contributed by atoms with E-state index in [4.69, 9.17) is 9.47 Å². The number of anilines is 1. The Kier molecular flexibility index (Phi) is 6.09. The highest BCUT2D eigenvalue weighted by atomic mass is 32.1. The Hall–Kier alpha value is -3.46. The van der Waals surface area contributed by atoms with E-state index in [1.165, 1.54) is 17.4 Å². The molecule has 0 atom stereocenters. The molecule has 0 N–H and O–H groups in total. The second kappa shape index (κ2) is 8.96. The van der Waals surface area contributed by atoms with E-state index < -0.39 is 5.91 Å². The van der Waals surface area contributed by atoms with Gasteiger partial charge in [-0.3, -0.25) is 19.3 Å². The van der Waals surface area contributed by atoms with E-state index in [0.717, 1.165) is 21.5 Å². The maximum atomic E-state index is 13.0. The number of hydrogen-bond acceptors (Lipinski definition) is 6. The second-order valence-corrected chi connectivity index (χ2v) is 8.31. The lowest BCUT2D eigenvalue weighted by Gasteiger charge is -2.14. The number of imide groups is 1. The van der Waals surface area contributed by atoms with E-state index >= 15 is 0 Å². The summed E-state index contributed by atoms with van der Waals surface area (Å²) in [7, 11) is 3.16. The van der Waals surface area contributed by atoms with Gasteiger partial charge in [-0.15, -0.1) is 0 Å². The van der Waals surface area contributed by atoms with Crippen LogP contribution in [-0.2, 0) is 16.1 Å². The zero-order chi connectivity index (χ0) is 22.8. The number of thiazole rings is 1. The lowest BCUT2D eigenvalue weighted by molar-refractivity contribution is -0.121. The van der Waals surface area contributed by atoms with Crippen LogP contribution in [0.15, 0.2) is 41.4 Å². The van der Waals surface area contributed by atoms with E-state index in [2.05, 4.69) is 11.9 Å². The Morgan fingerprint density at radius 2 is 1.75 bits per heavy atom. The molecule has 3 amide bonds. The number of benzene rings is 2. The van der Waals surface area contributed by atoms with Crippen molar-refractivity contribution in [3.05, 3.63) is 46.8 Å². The van der Waals surface area contributed by atoms with Crippen LogP contribution in [0.5, 0.6) is 11.5 Å². The lowest BCUT2D eigenvalue weighted by Crippen LogP contribution is -2.28. The van der Waals surface area contributed by atoms with Crippen LogP contribution in [0.4, 0.5) is 5.69 Å². The maximum Gasteiger partial charge on any atom is 0.279 e. The third kappa shape index (κ3) is 3.91. The highest BCUT2D eigenvalue weighted by molar-refractivity contribution is 7.16. The Morgan fingerprint density at radius 1 is 1.06 bits per heavy atom. The standard InChI is InChI=1S/C23H23N3O5S/c1-4-10-25-16-12-17(30-2)18(31-3)13-19(16)32-23(25)24-22(29)14-6-5-7-15(11-14)26-20(27)8-9-21(26)28/h5-7,11-13H,4,8-10H2,1-3H3. The Labute approximate surface area is 188 Å². The fraction of sp³-hybridized carbons (Fsp3) is 0.304. The molecule has 1 aromatic heterocycles. The number of hydrogen-bond donors (Lipinski definition) is 0. The average molecular weight is 454 g/mol. The number of aromatic nitrogens is 1. The molecule has 32 heavy (non-hydrogen) atoms. The summed E-state index contributed by atoms with van der Waals surface area (Å²) in [6.45, 7) is 2.73. The summed E-state index contributed by atoms with van der Waals surface area (Å²) in [6.07, 6.45) is 1.23. The summed E-state index contributed by atoms with van der Waals surface area (Å²) in [6, 6.07) is 10.2. The summed E-state index contributed by atoms with van der Waals surface area (Å²) >= 11 is 1.39. The third-order valence-electron chi connectivity index (χ3n) is 5.24. The monoisotopic (exact) mass is 453 g/mol. The molecule has 3 aromatic rings. The number of rotatable bonds is 6. The van der Waals surface area contributed by atoms with Gasteiger partial charge in [0.25, 0.3) is 5.91 Å². The van der Waals surface area contributed by atoms with Crippen molar-refractivity contribution < 1.29 is 23.9 Å². The van der Waals surface area contributed by atoms with Crippen molar-refractivity contribution in [2.75, 3.05) is 19.1 Å². The Morgan fingerprint density at radius 3 is 2.41 bits per heavy atom. The van der Waals surface area contributed by atoms with Gasteiger partial charge in [0.05, 0.1) is 30.1 Å². The molecule has 0 spiro atoms. The van der Waals surface area contributed by atoms with Crippen LogP contribution in [0.2, 0.25) is 0 Å². The molecule has 1 aliphatic rings. The van der Waals surface area contributed by atoms with Crippen LogP contribution >= 0.6 is 11.3 Å². The van der Waals surface area contributed by atoms with Crippen LogP contribution in [0.25, 0.3) is 10.2 Å². The molecule has 2 aromatic carbocycles. The minimum Gasteiger partial charge on any atom is -0.493 e. The molecule has 9 heteroatoms. The zero-order valence-electron chi connectivity index (χ0n) is 18.1. The molecule has 166 valence electrons. The van der Waals surface area contributed by atoms with Crippen molar-refractivity contribution >= 4 is 45.0 Å². The van der Waals surface area contributed by atoms with E-state index in [9.17, 15) is 14.4 Å². The highest BCUT2D eigenvalue weighted by Crippen LogP contribution is 2.33. The van der Waals surface area contributed by atoms with Gasteiger partial charge in [-0.1, -0.05) is 24.3 Å². The lowest BCUT2D eigenvalue weighted by atomic mass is 10.2. The smallest absolute Gasteiger partial charge is 0.279 e. The molecule has 1 aliphatic heterocycles. The van der Waals surface area contributed by atoms with E-state index in [1.807, 2.05) is 16.7 Å². The summed E-state index contributed by atoms with van der Waals surface area (Å²) in [5.41, 5.74) is 1.61. The van der Waals surface area contributed by atoms with Crippen LogP contribution in [0, 0.1) is 0 Å². The number of aryl methyl sites for hydroxylation is 1. The summed E-state index contributed by atoms with van der Waals surface area (Å²) in [5.74, 6) is 0.249. The minimum atomic E-state index is -0.443. The predicted octanol–water partition coefficient (Wildman–Crippen LogP) is 3.52. The van der Waals surface area contributed by atoms with E-state index in [-0.39, 0.29) is 24.7 Å². The summed E-state index contributed by atoms with van der Waals surface area (Å²) < 4.78 is 13.7. The fourth-order valence-electron chi connectivity index (χ4n) is 3.72. The first-order valence-corrected chi connectivity index (χ1v) is 11.1. The number of nitrogens with zero attached hydrogens (tertiary/aromatic N) is 3. The largest absolute Gasteiger partial charge is 0.493 e. The first-order chi connectivity index (χ1) is 15.5. The van der Waals surface area contributed by atoms with Crippen molar-refractivity contribution in [3.8, 4) is 11.5 Å². The number of fused-ring (bicyclic) bond motifs is 1. The van der Waals surface area contributed by atoms with Crippen LogP contribution in [0.1, 0.15) is 36.5 Å². The first kappa shape index (κ1) is 21.8. The van der Waals surface area contributed by atoms with Gasteiger partial charge < -0.3 is 14.0 Å². The van der Waals surface area contributed by atoms with Crippen molar-refractivity contribution in [1.82, 2.24) is 4.57 Å². The molecule has 1 saturated heterocycles. The van der Waals surface area contributed by atoms with Gasteiger partial charge in [0.15, 0.2) is 16.3 Å². The SMILES string of the molecule is CCCn1c(=NC(=O)c2cccc(N3C(=O)CCC3=O)c2)sc2cc(OC)c(OC)cc21. The van der Waals surface area contributed by atoms with Crippen molar-refractivity contribution in [2.45, 2.75) is 32.7 Å². The van der Waals surface area contributed by atoms with Gasteiger partial charge in [-0.2, -0.15) is 4.99 Å². The molecule has 0 radical (unpaired) electrons. The molecular weight excluding hydrogens is 430 g/mol. The Bertz CT molecular complexity index is 1270. The molecule has 0 saturated carbocycles. The van der Waals surface area contributed by atoms with Gasteiger partial charge in [-0.25, -0.2) is 0 Å². The molecular formula is C23H23N3O5S. The van der Waals surface area contributed by atoms with Gasteiger partial charge >= 0.3 is 0 Å². The van der Waals surface area contributed by atoms with E-state index in [0.29, 0.717) is 34.1 Å². The van der Waals surface area contributed by atoms with Gasteiger partial charge in [0.2, 0.25) is 11.8 Å². The number of carbonyl (C=O) groups excluding carboxylic acids is 3. The molecule has 0 bridgehead atoms. The number of ether oxygens (including phenoxy) is 2. The summed E-state index contributed by atoms with van der Waals surface area (Å²) in [5, 5.41) is 0. The third-order valence-corrected chi connectivity index (χ3v) is 6.28. The van der Waals surface area contributed by atoms with Crippen LogP contribution < -0.4 is 19.2 Å². The molecule has 1 fully saturated rings. The second-order valence-electron chi connectivity index (χ2n) is 7.30. The predicted molar refractivity (Wildman–Crippen MR) is 121 cm³/mol. The van der Waals surface area contributed by atoms with Gasteiger partial charge in [-0.05, 0) is 24.6 Å². The van der Waals surface area contributed by atoms with Gasteiger partial charge in [0, 0.05) is 37.1 Å².